The Bertz CT molecular complexity index is 987. The van der Waals surface area contributed by atoms with Gasteiger partial charge in [0.05, 0.1) is 0 Å². The molecular weight excluding hydrogens is 360 g/mol. The molecule has 27 heavy (non-hydrogen) atoms. The van der Waals surface area contributed by atoms with Crippen LogP contribution in [0.4, 0.5) is 5.13 Å². The van der Waals surface area contributed by atoms with Crippen LogP contribution in [0.15, 0.2) is 36.4 Å². The van der Waals surface area contributed by atoms with Gasteiger partial charge in [0.25, 0.3) is 0 Å². The van der Waals surface area contributed by atoms with E-state index < -0.39 is 0 Å². The van der Waals surface area contributed by atoms with Crippen LogP contribution in [0.5, 0.6) is 0 Å². The number of aryl methyl sites for hydroxylation is 1. The van der Waals surface area contributed by atoms with Crippen LogP contribution in [-0.4, -0.2) is 23.5 Å². The summed E-state index contributed by atoms with van der Waals surface area (Å²) in [5, 5.41) is 16.2. The van der Waals surface area contributed by atoms with Crippen molar-refractivity contribution in [2.75, 3.05) is 11.4 Å². The average Bonchev–Trinajstić information content (AvgIpc) is 3.32. The summed E-state index contributed by atoms with van der Waals surface area (Å²) in [6.45, 7) is 5.03. The Morgan fingerprint density at radius 2 is 2.15 bits per heavy atom. The predicted molar refractivity (Wildman–Crippen MR) is 107 cm³/mol. The standard InChI is InChI=1S/C20H22N4O2S/c1-13-11-17-18(24(26)14(13)2)22-20(27-17)23-10-6-9-16(23)19(25)21-12-15-7-4-3-5-8-15/h3-5,7-8,11,16H,6,9-10,12H2,1-2H3,(H,21,25)/t16-/m1/s1. The molecule has 140 valence electrons. The summed E-state index contributed by atoms with van der Waals surface area (Å²) in [5.74, 6) is 0.0120. The number of fused-ring (bicyclic) bond motifs is 1. The maximum atomic E-state index is 12.7. The highest BCUT2D eigenvalue weighted by atomic mass is 32.1. The minimum absolute atomic E-state index is 0.0120. The van der Waals surface area contributed by atoms with Gasteiger partial charge in [-0.1, -0.05) is 41.7 Å². The van der Waals surface area contributed by atoms with E-state index in [1.54, 1.807) is 6.92 Å². The fourth-order valence-corrected chi connectivity index (χ4v) is 4.59. The minimum Gasteiger partial charge on any atom is -0.710 e. The number of carbonyl (C=O) groups is 1. The molecule has 1 aliphatic heterocycles. The summed E-state index contributed by atoms with van der Waals surface area (Å²) >= 11 is 1.48. The third-order valence-corrected chi connectivity index (χ3v) is 6.18. The topological polar surface area (TPSA) is 72.2 Å². The zero-order chi connectivity index (χ0) is 19.0. The second-order valence-corrected chi connectivity index (χ2v) is 7.96. The number of benzene rings is 1. The Morgan fingerprint density at radius 3 is 2.93 bits per heavy atom. The van der Waals surface area contributed by atoms with Crippen molar-refractivity contribution in [1.82, 2.24) is 10.3 Å². The van der Waals surface area contributed by atoms with E-state index in [2.05, 4.69) is 10.3 Å². The van der Waals surface area contributed by atoms with Gasteiger partial charge in [-0.2, -0.15) is 0 Å². The van der Waals surface area contributed by atoms with Crippen molar-refractivity contribution < 1.29 is 9.52 Å². The molecule has 0 bridgehead atoms. The summed E-state index contributed by atoms with van der Waals surface area (Å²) in [5.41, 5.74) is 3.13. The quantitative estimate of drug-likeness (QED) is 0.556. The Morgan fingerprint density at radius 1 is 1.37 bits per heavy atom. The number of rotatable bonds is 4. The number of nitrogens with zero attached hydrogens (tertiary/aromatic N) is 3. The van der Waals surface area contributed by atoms with Crippen LogP contribution in [0.1, 0.15) is 29.7 Å². The summed E-state index contributed by atoms with van der Waals surface area (Å²) < 4.78 is 1.75. The molecule has 6 nitrogen and oxygen atoms in total. The lowest BCUT2D eigenvalue weighted by atomic mass is 10.2. The van der Waals surface area contributed by atoms with Crippen molar-refractivity contribution in [3.8, 4) is 0 Å². The zero-order valence-corrected chi connectivity index (χ0v) is 16.3. The monoisotopic (exact) mass is 382 g/mol. The van der Waals surface area contributed by atoms with Gasteiger partial charge in [-0.3, -0.25) is 4.79 Å². The van der Waals surface area contributed by atoms with Crippen molar-refractivity contribution in [2.45, 2.75) is 39.3 Å². The first-order valence-electron chi connectivity index (χ1n) is 9.13. The van der Waals surface area contributed by atoms with Crippen LogP contribution < -0.4 is 14.9 Å². The molecule has 0 spiro atoms. The normalized spacial score (nSPS) is 16.8. The third kappa shape index (κ3) is 3.35. The van der Waals surface area contributed by atoms with Gasteiger partial charge in [-0.15, -0.1) is 0 Å². The number of hydrogen-bond acceptors (Lipinski definition) is 5. The Hall–Kier alpha value is -2.67. The second kappa shape index (κ2) is 7.15. The van der Waals surface area contributed by atoms with E-state index in [-0.39, 0.29) is 11.9 Å². The molecule has 1 aliphatic rings. The zero-order valence-electron chi connectivity index (χ0n) is 15.4. The van der Waals surface area contributed by atoms with E-state index in [0.29, 0.717) is 17.9 Å². The number of thiazole rings is 1. The summed E-state index contributed by atoms with van der Waals surface area (Å²) in [6, 6.07) is 11.6. The van der Waals surface area contributed by atoms with Gasteiger partial charge >= 0.3 is 10.8 Å². The number of aromatic nitrogens is 2. The number of amides is 1. The van der Waals surface area contributed by atoms with Crippen molar-refractivity contribution in [3.63, 3.8) is 0 Å². The van der Waals surface area contributed by atoms with Gasteiger partial charge in [0.15, 0.2) is 0 Å². The molecule has 0 unspecified atom stereocenters. The van der Waals surface area contributed by atoms with E-state index in [0.717, 1.165) is 45.1 Å². The predicted octanol–water partition coefficient (Wildman–Crippen LogP) is 2.83. The maximum Gasteiger partial charge on any atom is 0.347 e. The molecule has 1 atom stereocenters. The molecule has 1 saturated heterocycles. The number of pyridine rings is 1. The molecular formula is C20H22N4O2S. The van der Waals surface area contributed by atoms with E-state index >= 15 is 0 Å². The van der Waals surface area contributed by atoms with E-state index in [1.807, 2.05) is 48.2 Å². The molecule has 7 heteroatoms. The highest BCUT2D eigenvalue weighted by Crippen LogP contribution is 2.33. The molecule has 1 fully saturated rings. The third-order valence-electron chi connectivity index (χ3n) is 5.15. The van der Waals surface area contributed by atoms with Crippen molar-refractivity contribution in [2.24, 2.45) is 0 Å². The van der Waals surface area contributed by atoms with Crippen LogP contribution in [0.3, 0.4) is 0 Å². The molecule has 1 aromatic carbocycles. The van der Waals surface area contributed by atoms with Crippen molar-refractivity contribution >= 4 is 32.7 Å². The van der Waals surface area contributed by atoms with Crippen LogP contribution in [0.25, 0.3) is 10.3 Å². The molecule has 2 aromatic heterocycles. The molecule has 3 heterocycles. The molecule has 3 aromatic rings. The average molecular weight is 382 g/mol. The number of hydrogen-bond donors (Lipinski definition) is 1. The first-order valence-corrected chi connectivity index (χ1v) is 9.95. The van der Waals surface area contributed by atoms with Crippen molar-refractivity contribution in [1.29, 1.82) is 0 Å². The largest absolute Gasteiger partial charge is 0.710 e. The molecule has 1 amide bonds. The number of anilines is 1. The second-order valence-electron chi connectivity index (χ2n) is 6.95. The SMILES string of the molecule is Cc1cc2sc(N3CCC[C@@H]3C(=O)NCc3ccccc3)nc2[n+]([O-])c1C. The van der Waals surface area contributed by atoms with Crippen LogP contribution in [-0.2, 0) is 11.3 Å². The lowest BCUT2D eigenvalue weighted by Crippen LogP contribution is -2.43. The molecule has 0 saturated carbocycles. The Balaban J connectivity index is 1.55. The summed E-state index contributed by atoms with van der Waals surface area (Å²) in [7, 11) is 0. The van der Waals surface area contributed by atoms with Crippen LogP contribution in [0, 0.1) is 19.1 Å². The maximum absolute atomic E-state index is 12.7. The fourth-order valence-electron chi connectivity index (χ4n) is 3.47. The van der Waals surface area contributed by atoms with Gasteiger partial charge < -0.3 is 15.4 Å². The molecule has 1 N–H and O–H groups in total. The molecule has 4 rings (SSSR count). The lowest BCUT2D eigenvalue weighted by molar-refractivity contribution is -0.586. The fraction of sp³-hybridized carbons (Fsp3) is 0.350. The first-order chi connectivity index (χ1) is 13.0. The summed E-state index contributed by atoms with van der Waals surface area (Å²) in [4.78, 5) is 19.3. The lowest BCUT2D eigenvalue weighted by Gasteiger charge is -2.20. The van der Waals surface area contributed by atoms with E-state index in [9.17, 15) is 10.0 Å². The smallest absolute Gasteiger partial charge is 0.347 e. The van der Waals surface area contributed by atoms with Crippen molar-refractivity contribution in [3.05, 3.63) is 58.4 Å². The van der Waals surface area contributed by atoms with Gasteiger partial charge in [-0.25, -0.2) is 4.73 Å². The molecule has 0 radical (unpaired) electrons. The van der Waals surface area contributed by atoms with Crippen LogP contribution >= 0.6 is 11.3 Å². The number of carbonyl (C=O) groups excluding carboxylic acids is 1. The van der Waals surface area contributed by atoms with E-state index in [1.165, 1.54) is 11.3 Å². The van der Waals surface area contributed by atoms with Gasteiger partial charge in [0, 0.05) is 13.1 Å². The highest BCUT2D eigenvalue weighted by Gasteiger charge is 2.35. The Labute approximate surface area is 162 Å². The Kier molecular flexibility index (Phi) is 4.70. The highest BCUT2D eigenvalue weighted by molar-refractivity contribution is 7.22. The van der Waals surface area contributed by atoms with Gasteiger partial charge in [0.1, 0.15) is 16.4 Å². The first kappa shape index (κ1) is 17.7. The molecule has 0 aliphatic carbocycles. The van der Waals surface area contributed by atoms with Gasteiger partial charge in [-0.05, 0) is 48.9 Å². The van der Waals surface area contributed by atoms with Gasteiger partial charge in [0.2, 0.25) is 5.91 Å². The van der Waals surface area contributed by atoms with E-state index in [4.69, 9.17) is 0 Å². The minimum atomic E-state index is -0.239. The number of nitrogens with one attached hydrogen (secondary N) is 1. The summed E-state index contributed by atoms with van der Waals surface area (Å²) in [6.07, 6.45) is 1.74. The van der Waals surface area contributed by atoms with Crippen LogP contribution in [0.2, 0.25) is 0 Å².